The smallest absolute Gasteiger partial charge is 0.271 e. The number of aromatic nitrogens is 1. The Morgan fingerprint density at radius 1 is 1.21 bits per heavy atom. The van der Waals surface area contributed by atoms with Crippen LogP contribution in [-0.2, 0) is 17.1 Å². The maximum Gasteiger partial charge on any atom is 0.271 e. The Labute approximate surface area is 165 Å². The van der Waals surface area contributed by atoms with Crippen LogP contribution >= 0.6 is 0 Å². The number of amides is 1. The van der Waals surface area contributed by atoms with Gasteiger partial charge in [0.1, 0.15) is 22.1 Å². The Morgan fingerprint density at radius 2 is 1.96 bits per heavy atom. The van der Waals surface area contributed by atoms with Gasteiger partial charge in [-0.15, -0.1) is 0 Å². The fourth-order valence-electron chi connectivity index (χ4n) is 3.59. The third-order valence-electron chi connectivity index (χ3n) is 5.09. The van der Waals surface area contributed by atoms with Crippen molar-refractivity contribution in [1.82, 2.24) is 14.2 Å². The zero-order valence-corrected chi connectivity index (χ0v) is 17.2. The van der Waals surface area contributed by atoms with Crippen molar-refractivity contribution in [2.24, 2.45) is 7.05 Å². The van der Waals surface area contributed by atoms with Gasteiger partial charge in [0.05, 0.1) is 20.3 Å². The lowest BCUT2D eigenvalue weighted by Crippen LogP contribution is -2.32. The van der Waals surface area contributed by atoms with E-state index in [0.717, 1.165) is 18.4 Å². The molecule has 8 nitrogen and oxygen atoms in total. The number of hydrogen-bond acceptors (Lipinski definition) is 5. The van der Waals surface area contributed by atoms with E-state index in [9.17, 15) is 13.2 Å². The number of rotatable bonds is 6. The minimum Gasteiger partial charge on any atom is -0.497 e. The summed E-state index contributed by atoms with van der Waals surface area (Å²) in [6.07, 6.45) is 3.11. The predicted octanol–water partition coefficient (Wildman–Crippen LogP) is 1.93. The number of nitrogens with zero attached hydrogens (tertiary/aromatic N) is 2. The summed E-state index contributed by atoms with van der Waals surface area (Å²) in [6, 6.07) is 6.83. The largest absolute Gasteiger partial charge is 0.497 e. The van der Waals surface area contributed by atoms with Crippen LogP contribution in [0.25, 0.3) is 0 Å². The van der Waals surface area contributed by atoms with Gasteiger partial charge >= 0.3 is 0 Å². The molecule has 2 aromatic rings. The first-order valence-corrected chi connectivity index (χ1v) is 10.4. The molecular weight excluding hydrogens is 382 g/mol. The number of ether oxygens (including phenoxy) is 2. The van der Waals surface area contributed by atoms with E-state index in [0.29, 0.717) is 23.7 Å². The van der Waals surface area contributed by atoms with E-state index in [1.54, 1.807) is 36.8 Å². The number of methoxy groups -OCH3 is 2. The highest BCUT2D eigenvalue weighted by molar-refractivity contribution is 7.89. The lowest BCUT2D eigenvalue weighted by Gasteiger charge is -2.26. The van der Waals surface area contributed by atoms with E-state index in [4.69, 9.17) is 9.47 Å². The summed E-state index contributed by atoms with van der Waals surface area (Å²) in [5.41, 5.74) is 1.24. The maximum atomic E-state index is 13.2. The number of likely N-dealkylation sites (tertiary alicyclic amines) is 1. The van der Waals surface area contributed by atoms with Crippen molar-refractivity contribution in [3.8, 4) is 11.5 Å². The van der Waals surface area contributed by atoms with E-state index in [2.05, 4.69) is 4.72 Å². The molecule has 0 radical (unpaired) electrons. The summed E-state index contributed by atoms with van der Waals surface area (Å²) >= 11 is 0. The zero-order chi connectivity index (χ0) is 20.5. The summed E-state index contributed by atoms with van der Waals surface area (Å²) < 4.78 is 38.7. The first kappa shape index (κ1) is 20.2. The molecule has 1 aliphatic heterocycles. The highest BCUT2D eigenvalue weighted by Crippen LogP contribution is 2.39. The SMILES string of the molecule is CNS(=O)(=O)c1cc(C(=O)N2CCCC2c2ccc(OC)cc2OC)n(C)c1. The van der Waals surface area contributed by atoms with Crippen LogP contribution in [0.5, 0.6) is 11.5 Å². The molecule has 0 spiro atoms. The van der Waals surface area contributed by atoms with E-state index in [-0.39, 0.29) is 16.8 Å². The molecule has 0 aliphatic carbocycles. The molecule has 1 aromatic carbocycles. The Kier molecular flexibility index (Phi) is 5.66. The molecule has 1 aromatic heterocycles. The Bertz CT molecular complexity index is 983. The number of carbonyl (C=O) groups excluding carboxylic acids is 1. The monoisotopic (exact) mass is 407 g/mol. The van der Waals surface area contributed by atoms with Crippen molar-refractivity contribution in [1.29, 1.82) is 0 Å². The highest BCUT2D eigenvalue weighted by Gasteiger charge is 2.34. The molecule has 1 saturated heterocycles. The van der Waals surface area contributed by atoms with Gasteiger partial charge < -0.3 is 18.9 Å². The molecule has 1 fully saturated rings. The molecule has 0 bridgehead atoms. The normalized spacial score (nSPS) is 17.0. The van der Waals surface area contributed by atoms with Crippen molar-refractivity contribution in [2.75, 3.05) is 27.8 Å². The van der Waals surface area contributed by atoms with Gasteiger partial charge in [-0.1, -0.05) is 0 Å². The van der Waals surface area contributed by atoms with Gasteiger partial charge in [-0.25, -0.2) is 13.1 Å². The van der Waals surface area contributed by atoms with Crippen LogP contribution in [0.4, 0.5) is 0 Å². The number of nitrogens with one attached hydrogen (secondary N) is 1. The molecule has 1 amide bonds. The molecule has 0 saturated carbocycles. The minimum atomic E-state index is -3.62. The van der Waals surface area contributed by atoms with Crippen molar-refractivity contribution in [3.63, 3.8) is 0 Å². The molecule has 9 heteroatoms. The second kappa shape index (κ2) is 7.84. The summed E-state index contributed by atoms with van der Waals surface area (Å²) in [7, 11) is 2.57. The van der Waals surface area contributed by atoms with Crippen LogP contribution in [0.1, 0.15) is 34.9 Å². The van der Waals surface area contributed by atoms with Crippen molar-refractivity contribution >= 4 is 15.9 Å². The summed E-state index contributed by atoms with van der Waals surface area (Å²) in [6.45, 7) is 0.595. The number of benzene rings is 1. The van der Waals surface area contributed by atoms with Gasteiger partial charge in [0.15, 0.2) is 0 Å². The molecular formula is C19H25N3O5S. The lowest BCUT2D eigenvalue weighted by molar-refractivity contribution is 0.0724. The standard InChI is InChI=1S/C19H25N3O5S/c1-20-28(24,25)14-11-17(21(2)12-14)19(23)22-9-5-6-16(22)15-8-7-13(26-3)10-18(15)27-4/h7-8,10-12,16,20H,5-6,9H2,1-4H3. The topological polar surface area (TPSA) is 89.9 Å². The Morgan fingerprint density at radius 3 is 2.61 bits per heavy atom. The van der Waals surface area contributed by atoms with Gasteiger partial charge in [-0.3, -0.25) is 4.79 Å². The zero-order valence-electron chi connectivity index (χ0n) is 16.4. The predicted molar refractivity (Wildman–Crippen MR) is 104 cm³/mol. The molecule has 1 N–H and O–H groups in total. The van der Waals surface area contributed by atoms with Crippen LogP contribution in [-0.4, -0.2) is 51.6 Å². The first-order valence-electron chi connectivity index (χ1n) is 8.95. The fraction of sp³-hybridized carbons (Fsp3) is 0.421. The quantitative estimate of drug-likeness (QED) is 0.790. The Hall–Kier alpha value is -2.52. The van der Waals surface area contributed by atoms with E-state index in [1.807, 2.05) is 12.1 Å². The minimum absolute atomic E-state index is 0.0682. The van der Waals surface area contributed by atoms with E-state index >= 15 is 0 Å². The van der Waals surface area contributed by atoms with Crippen LogP contribution in [0.3, 0.4) is 0 Å². The molecule has 152 valence electrons. The summed E-state index contributed by atoms with van der Waals surface area (Å²) in [5.74, 6) is 1.13. The average molecular weight is 407 g/mol. The lowest BCUT2D eigenvalue weighted by atomic mass is 10.0. The number of aryl methyl sites for hydroxylation is 1. The molecule has 1 atom stereocenters. The first-order chi connectivity index (χ1) is 13.3. The number of hydrogen-bond donors (Lipinski definition) is 1. The van der Waals surface area contributed by atoms with Crippen LogP contribution in [0.2, 0.25) is 0 Å². The molecule has 1 unspecified atom stereocenters. The summed E-state index contributed by atoms with van der Waals surface area (Å²) in [4.78, 5) is 15.1. The highest BCUT2D eigenvalue weighted by atomic mass is 32.2. The van der Waals surface area contributed by atoms with E-state index in [1.165, 1.54) is 19.3 Å². The van der Waals surface area contributed by atoms with Gasteiger partial charge in [-0.2, -0.15) is 0 Å². The molecule has 1 aliphatic rings. The van der Waals surface area contributed by atoms with Crippen molar-refractivity contribution in [3.05, 3.63) is 41.7 Å². The maximum absolute atomic E-state index is 13.2. The second-order valence-electron chi connectivity index (χ2n) is 6.64. The van der Waals surface area contributed by atoms with Gasteiger partial charge in [-0.05, 0) is 38.1 Å². The van der Waals surface area contributed by atoms with Crippen LogP contribution in [0, 0.1) is 0 Å². The van der Waals surface area contributed by atoms with Crippen molar-refractivity contribution < 1.29 is 22.7 Å². The molecule has 3 rings (SSSR count). The van der Waals surface area contributed by atoms with E-state index < -0.39 is 10.0 Å². The molecule has 2 heterocycles. The Balaban J connectivity index is 1.95. The van der Waals surface area contributed by atoms with Gasteiger partial charge in [0.2, 0.25) is 10.0 Å². The second-order valence-corrected chi connectivity index (χ2v) is 8.53. The van der Waals surface area contributed by atoms with Gasteiger partial charge in [0, 0.05) is 31.4 Å². The van der Waals surface area contributed by atoms with Crippen molar-refractivity contribution in [2.45, 2.75) is 23.8 Å². The molecule has 28 heavy (non-hydrogen) atoms. The van der Waals surface area contributed by atoms with Crippen LogP contribution in [0.15, 0.2) is 35.4 Å². The number of sulfonamides is 1. The fourth-order valence-corrected chi connectivity index (χ4v) is 4.39. The summed E-state index contributed by atoms with van der Waals surface area (Å²) in [5, 5.41) is 0. The third kappa shape index (κ3) is 3.59. The third-order valence-corrected chi connectivity index (χ3v) is 6.47. The van der Waals surface area contributed by atoms with Crippen LogP contribution < -0.4 is 14.2 Å². The average Bonchev–Trinajstić information content (AvgIpc) is 3.34. The number of carbonyl (C=O) groups is 1. The van der Waals surface area contributed by atoms with Gasteiger partial charge in [0.25, 0.3) is 5.91 Å².